The molecule has 0 N–H and O–H groups in total. The molecule has 0 unspecified atom stereocenters. The number of para-hydroxylation sites is 4. The maximum Gasteiger partial charge on any atom is 0.0541 e. The van der Waals surface area contributed by atoms with Gasteiger partial charge in [-0.2, -0.15) is 0 Å². The summed E-state index contributed by atoms with van der Waals surface area (Å²) in [6.07, 6.45) is 1.88. The minimum absolute atomic E-state index is 1.08. The predicted octanol–water partition coefficient (Wildman–Crippen LogP) is 22.0. The molecule has 83 heavy (non-hydrogen) atoms. The molecular formula is C80H55N3. The summed E-state index contributed by atoms with van der Waals surface area (Å²) in [7, 11) is 0. The van der Waals surface area contributed by atoms with E-state index in [2.05, 4.69) is 336 Å². The lowest BCUT2D eigenvalue weighted by Gasteiger charge is -2.26. The molecular weight excluding hydrogens is 1000 g/mol. The Labute approximate surface area is 483 Å². The Hall–Kier alpha value is -11.0. The molecule has 0 saturated heterocycles. The zero-order chi connectivity index (χ0) is 55.2. The third kappa shape index (κ3) is 9.07. The highest BCUT2D eigenvalue weighted by Crippen LogP contribution is 2.41. The van der Waals surface area contributed by atoms with E-state index in [1.54, 1.807) is 0 Å². The molecule has 0 aliphatic carbocycles. The monoisotopic (exact) mass is 1060 g/mol. The largest absolute Gasteiger partial charge is 0.311 e. The highest BCUT2D eigenvalue weighted by molar-refractivity contribution is 6.11. The van der Waals surface area contributed by atoms with Gasteiger partial charge in [0, 0.05) is 50.0 Å². The van der Waals surface area contributed by atoms with Crippen molar-refractivity contribution >= 4 is 66.7 Å². The Bertz CT molecular complexity index is 4820. The molecule has 0 aliphatic rings. The molecule has 3 nitrogen and oxygen atoms in total. The van der Waals surface area contributed by atoms with Crippen LogP contribution < -0.4 is 4.90 Å². The first-order valence-electron chi connectivity index (χ1n) is 28.4. The van der Waals surface area contributed by atoms with Crippen LogP contribution in [0.3, 0.4) is 0 Å². The Kier molecular flexibility index (Phi) is 12.4. The van der Waals surface area contributed by atoms with Crippen molar-refractivity contribution in [2.75, 3.05) is 4.90 Å². The van der Waals surface area contributed by atoms with Crippen LogP contribution in [-0.4, -0.2) is 9.13 Å². The summed E-state index contributed by atoms with van der Waals surface area (Å²) in [5.41, 5.74) is 25.7. The van der Waals surface area contributed by atoms with Gasteiger partial charge in [0.05, 0.1) is 22.1 Å². The second-order valence-electron chi connectivity index (χ2n) is 21.4. The van der Waals surface area contributed by atoms with E-state index in [-0.39, 0.29) is 0 Å². The topological polar surface area (TPSA) is 13.1 Å². The van der Waals surface area contributed by atoms with Crippen molar-refractivity contribution in [2.24, 2.45) is 0 Å². The first kappa shape index (κ1) is 49.1. The van der Waals surface area contributed by atoms with Gasteiger partial charge < -0.3 is 14.0 Å². The van der Waals surface area contributed by atoms with Crippen LogP contribution in [-0.2, 0) is 0 Å². The molecule has 0 atom stereocenters. The van der Waals surface area contributed by atoms with Gasteiger partial charge in [-0.15, -0.1) is 0 Å². The van der Waals surface area contributed by atoms with Crippen LogP contribution in [0, 0.1) is 0 Å². The van der Waals surface area contributed by atoms with Crippen LogP contribution in [0.4, 0.5) is 17.1 Å². The third-order valence-corrected chi connectivity index (χ3v) is 16.6. The zero-order valence-electron chi connectivity index (χ0n) is 45.6. The minimum Gasteiger partial charge on any atom is -0.311 e. The van der Waals surface area contributed by atoms with Gasteiger partial charge in [-0.1, -0.05) is 231 Å². The number of aromatic nitrogens is 2. The molecule has 0 aliphatic heterocycles. The minimum atomic E-state index is 1.08. The third-order valence-electron chi connectivity index (χ3n) is 16.6. The normalized spacial score (nSPS) is 11.4. The van der Waals surface area contributed by atoms with Crippen molar-refractivity contribution in [1.29, 1.82) is 0 Å². The fourth-order valence-corrected chi connectivity index (χ4v) is 12.2. The first-order valence-corrected chi connectivity index (χ1v) is 28.4. The molecule has 15 aromatic rings. The lowest BCUT2D eigenvalue weighted by molar-refractivity contribution is 1.18. The van der Waals surface area contributed by atoms with E-state index < -0.39 is 0 Å². The Morgan fingerprint density at radius 2 is 0.482 bits per heavy atom. The summed E-state index contributed by atoms with van der Waals surface area (Å²) >= 11 is 0. The maximum absolute atomic E-state index is 3.94. The first-order chi connectivity index (χ1) is 41.1. The summed E-state index contributed by atoms with van der Waals surface area (Å²) in [5, 5.41) is 5.02. The van der Waals surface area contributed by atoms with Gasteiger partial charge in [0.1, 0.15) is 0 Å². The van der Waals surface area contributed by atoms with Crippen molar-refractivity contribution < 1.29 is 0 Å². The predicted molar refractivity (Wildman–Crippen MR) is 353 cm³/mol. The summed E-state index contributed by atoms with van der Waals surface area (Å²) in [5.74, 6) is 0. The van der Waals surface area contributed by atoms with Crippen LogP contribution >= 0.6 is 0 Å². The molecule has 0 radical (unpaired) electrons. The maximum atomic E-state index is 3.94. The van der Waals surface area contributed by atoms with E-state index in [0.29, 0.717) is 0 Å². The highest BCUT2D eigenvalue weighted by atomic mass is 15.1. The van der Waals surface area contributed by atoms with Gasteiger partial charge in [-0.25, -0.2) is 0 Å². The molecule has 0 bridgehead atoms. The number of hydrogen-bond donors (Lipinski definition) is 0. The molecule has 2 heterocycles. The number of benzene rings is 13. The molecule has 3 heteroatoms. The van der Waals surface area contributed by atoms with Gasteiger partial charge in [0.2, 0.25) is 0 Å². The van der Waals surface area contributed by atoms with Gasteiger partial charge >= 0.3 is 0 Å². The summed E-state index contributed by atoms with van der Waals surface area (Å²) < 4.78 is 4.73. The van der Waals surface area contributed by atoms with Crippen LogP contribution in [0.5, 0.6) is 0 Å². The second kappa shape index (κ2) is 20.9. The van der Waals surface area contributed by atoms with Crippen molar-refractivity contribution in [1.82, 2.24) is 9.13 Å². The van der Waals surface area contributed by atoms with E-state index in [9.17, 15) is 0 Å². The van der Waals surface area contributed by atoms with Crippen LogP contribution in [0.2, 0.25) is 0 Å². The summed E-state index contributed by atoms with van der Waals surface area (Å²) in [4.78, 5) is 2.35. The van der Waals surface area contributed by atoms with Crippen LogP contribution in [0.25, 0.3) is 128 Å². The molecule has 0 spiro atoms. The van der Waals surface area contributed by atoms with E-state index in [4.69, 9.17) is 0 Å². The molecule has 2 aromatic heterocycles. The van der Waals surface area contributed by atoms with Crippen LogP contribution in [0.1, 0.15) is 5.56 Å². The van der Waals surface area contributed by atoms with E-state index >= 15 is 0 Å². The SMILES string of the molecule is C=Cc1ccc(-c2ccc(N(c3ccc(-c4ccc(-c5ccc(-c6ccc7c(c6)c6ccccc6n7-c6ccccc6)cc5)cc4)cc3)c3ccc(-c4ccc(-c5ccc6c(c5)c5ccccc5n6-c5ccccc5)cc4)cc3)cc2)cc1. The zero-order valence-corrected chi connectivity index (χ0v) is 45.6. The van der Waals surface area contributed by atoms with Gasteiger partial charge in [0.15, 0.2) is 0 Å². The Morgan fingerprint density at radius 1 is 0.229 bits per heavy atom. The molecule has 15 rings (SSSR count). The smallest absolute Gasteiger partial charge is 0.0541 e. The number of rotatable bonds is 12. The lowest BCUT2D eigenvalue weighted by Crippen LogP contribution is -2.09. The van der Waals surface area contributed by atoms with Crippen molar-refractivity contribution in [2.45, 2.75) is 0 Å². The molecule has 0 fully saturated rings. The van der Waals surface area contributed by atoms with Crippen molar-refractivity contribution in [3.63, 3.8) is 0 Å². The second-order valence-corrected chi connectivity index (χ2v) is 21.4. The molecule has 0 saturated carbocycles. The number of anilines is 3. The standard InChI is InChI=1S/C80H55N3/c1-2-55-21-23-56(24-22-55)61-37-45-70(46-38-61)81(72-49-41-63(42-50-72)60-31-35-65(36-32-60)67-44-52-80-76(54-67)74-18-10-12-20-78(74)83(80)69-15-7-4-8-16-69)71-47-39-62(40-48-71)59-27-25-57(26-28-59)58-29-33-64(34-30-58)66-43-51-79-75(53-66)73-17-9-11-19-77(73)82(79)68-13-5-3-6-14-68/h2-54H,1H2. The highest BCUT2D eigenvalue weighted by Gasteiger charge is 2.18. The van der Waals surface area contributed by atoms with E-state index in [1.165, 1.54) is 111 Å². The van der Waals surface area contributed by atoms with Gasteiger partial charge in [-0.05, 0) is 169 Å². The molecule has 0 amide bonds. The fraction of sp³-hybridized carbons (Fsp3) is 0. The van der Waals surface area contributed by atoms with Gasteiger partial charge in [0.25, 0.3) is 0 Å². The number of nitrogens with zero attached hydrogens (tertiary/aromatic N) is 3. The summed E-state index contributed by atoms with van der Waals surface area (Å²) in [6, 6.07) is 115. The lowest BCUT2D eigenvalue weighted by atomic mass is 9.97. The molecule has 13 aromatic carbocycles. The van der Waals surface area contributed by atoms with Gasteiger partial charge in [-0.3, -0.25) is 0 Å². The van der Waals surface area contributed by atoms with E-state index in [0.717, 1.165) is 33.8 Å². The Balaban J connectivity index is 0.689. The van der Waals surface area contributed by atoms with Crippen molar-refractivity contribution in [3.05, 3.63) is 328 Å². The summed E-state index contributed by atoms with van der Waals surface area (Å²) in [6.45, 7) is 3.94. The molecule has 390 valence electrons. The average molecular weight is 1060 g/mol. The number of fused-ring (bicyclic) bond motifs is 6. The Morgan fingerprint density at radius 3 is 0.807 bits per heavy atom. The number of hydrogen-bond acceptors (Lipinski definition) is 1. The average Bonchev–Trinajstić information content (AvgIpc) is 4.28. The van der Waals surface area contributed by atoms with Crippen LogP contribution in [0.15, 0.2) is 322 Å². The fourth-order valence-electron chi connectivity index (χ4n) is 12.2. The van der Waals surface area contributed by atoms with E-state index in [1.807, 2.05) is 6.08 Å². The van der Waals surface area contributed by atoms with Crippen molar-refractivity contribution in [3.8, 4) is 78.1 Å². The quantitative estimate of drug-likeness (QED) is 0.119.